The minimum atomic E-state index is -2.89. The summed E-state index contributed by atoms with van der Waals surface area (Å²) in [4.78, 5) is 0. The third kappa shape index (κ3) is 12.2. The molecule has 0 amide bonds. The molecule has 0 aliphatic heterocycles. The van der Waals surface area contributed by atoms with Crippen LogP contribution in [0.15, 0.2) is 121 Å². The normalized spacial score (nSPS) is 15.4. The molecule has 0 aliphatic rings. The van der Waals surface area contributed by atoms with Crippen LogP contribution in [-0.4, -0.2) is 50.2 Å². The average molecular weight is 709 g/mol. The van der Waals surface area contributed by atoms with Crippen LogP contribution in [0.2, 0.25) is 0 Å². The van der Waals surface area contributed by atoms with Crippen LogP contribution in [0.4, 0.5) is 0 Å². The predicted molar refractivity (Wildman–Crippen MR) is 209 cm³/mol. The molecule has 0 aromatic heterocycles. The van der Waals surface area contributed by atoms with E-state index in [0.717, 1.165) is 67.4 Å². The van der Waals surface area contributed by atoms with Crippen LogP contribution >= 0.6 is 30.6 Å². The van der Waals surface area contributed by atoms with Gasteiger partial charge in [0.25, 0.3) is 0 Å². The summed E-state index contributed by atoms with van der Waals surface area (Å²) in [5, 5.41) is 4.52. The Balaban J connectivity index is 1.41. The number of benzene rings is 4. The highest BCUT2D eigenvalue weighted by Crippen LogP contribution is 2.50. The smallest absolute Gasteiger partial charge is 0.232 e. The molecule has 4 rings (SSSR count). The van der Waals surface area contributed by atoms with Crippen molar-refractivity contribution in [1.29, 1.82) is 0 Å². The maximum atomic E-state index is 14.0. The van der Waals surface area contributed by atoms with E-state index < -0.39 is 14.7 Å². The fourth-order valence-corrected chi connectivity index (χ4v) is 15.7. The van der Waals surface area contributed by atoms with E-state index in [4.69, 9.17) is 9.05 Å². The first kappa shape index (κ1) is 37.9. The summed E-state index contributed by atoms with van der Waals surface area (Å²) in [6, 6.07) is 41.4. The van der Waals surface area contributed by atoms with Crippen molar-refractivity contribution in [2.75, 3.05) is 50.2 Å². The van der Waals surface area contributed by atoms with E-state index in [-0.39, 0.29) is 15.8 Å². The molecule has 47 heavy (non-hydrogen) atoms. The molecule has 0 saturated carbocycles. The van der Waals surface area contributed by atoms with E-state index in [1.807, 2.05) is 60.7 Å². The molecule has 0 radical (unpaired) electrons. The summed E-state index contributed by atoms with van der Waals surface area (Å²) in [6.45, 7) is 5.18. The average Bonchev–Trinajstić information content (AvgIpc) is 3.13. The zero-order valence-corrected chi connectivity index (χ0v) is 31.7. The van der Waals surface area contributed by atoms with E-state index in [2.05, 4.69) is 74.5 Å². The van der Waals surface area contributed by atoms with Gasteiger partial charge in [-0.1, -0.05) is 127 Å². The Morgan fingerprint density at radius 3 is 1.13 bits per heavy atom. The Bertz CT molecular complexity index is 1390. The fraction of sp³-hybridized carbons (Fsp3) is 0.385. The van der Waals surface area contributed by atoms with Gasteiger partial charge in [-0.3, -0.25) is 9.13 Å². The maximum Gasteiger partial charge on any atom is 0.232 e. The van der Waals surface area contributed by atoms with Crippen molar-refractivity contribution in [3.05, 3.63) is 121 Å². The summed E-state index contributed by atoms with van der Waals surface area (Å²) >= 11 is 0. The molecule has 0 saturated heterocycles. The van der Waals surface area contributed by atoms with Gasteiger partial charge in [0, 0.05) is 22.9 Å². The van der Waals surface area contributed by atoms with Gasteiger partial charge in [-0.05, 0) is 91.6 Å². The van der Waals surface area contributed by atoms with Crippen LogP contribution in [0.25, 0.3) is 0 Å². The molecule has 0 heterocycles. The Labute approximate surface area is 286 Å². The standard InChI is InChI=1S/C39H52O4P4/c1-3-28-42-46(40,38-24-13-7-14-25-38)34-18-32-44(36-20-9-5-10-21-36)30-17-31-45(37-22-11-6-12-23-37)33-19-35-47(41,43-29-4-2)39-26-15-8-16-27-39/h5-16,20-27H,3-4,17-19,28-35H2,1-2H3. The minimum Gasteiger partial charge on any atom is -0.325 e. The molecule has 0 fully saturated rings. The van der Waals surface area contributed by atoms with Crippen LogP contribution in [0.5, 0.6) is 0 Å². The van der Waals surface area contributed by atoms with E-state index in [9.17, 15) is 9.13 Å². The molecule has 4 atom stereocenters. The Hall–Kier alpha value is -1.88. The van der Waals surface area contributed by atoms with Crippen molar-refractivity contribution in [1.82, 2.24) is 0 Å². The largest absolute Gasteiger partial charge is 0.325 e. The van der Waals surface area contributed by atoms with Crippen molar-refractivity contribution >= 4 is 51.8 Å². The molecular formula is C39H52O4P4. The SMILES string of the molecule is CCCOP(=O)(CCCP(CCCP(CCCP(=O)(OCCC)c1ccccc1)c1ccccc1)c1ccccc1)c1ccccc1. The molecule has 0 bridgehead atoms. The van der Waals surface area contributed by atoms with E-state index in [0.29, 0.717) is 25.5 Å². The van der Waals surface area contributed by atoms with Gasteiger partial charge in [0.2, 0.25) is 14.7 Å². The monoisotopic (exact) mass is 708 g/mol. The van der Waals surface area contributed by atoms with E-state index in [1.165, 1.54) is 10.6 Å². The van der Waals surface area contributed by atoms with Gasteiger partial charge in [0.15, 0.2) is 0 Å². The molecule has 4 aromatic carbocycles. The van der Waals surface area contributed by atoms with Crippen LogP contribution < -0.4 is 21.2 Å². The van der Waals surface area contributed by atoms with Crippen molar-refractivity contribution in [2.24, 2.45) is 0 Å². The number of rotatable bonds is 22. The molecule has 4 unspecified atom stereocenters. The van der Waals surface area contributed by atoms with Crippen LogP contribution in [0, 0.1) is 0 Å². The second kappa shape index (κ2) is 20.6. The highest BCUT2D eigenvalue weighted by atomic mass is 31.2. The lowest BCUT2D eigenvalue weighted by molar-refractivity contribution is 0.319. The van der Waals surface area contributed by atoms with Crippen molar-refractivity contribution in [3.63, 3.8) is 0 Å². The third-order valence-corrected chi connectivity index (χ3v) is 18.8. The number of hydrogen-bond donors (Lipinski definition) is 0. The third-order valence-electron chi connectivity index (χ3n) is 8.17. The first-order valence-corrected chi connectivity index (χ1v) is 24.2. The Kier molecular flexibility index (Phi) is 16.6. The van der Waals surface area contributed by atoms with Gasteiger partial charge in [-0.15, -0.1) is 0 Å². The van der Waals surface area contributed by atoms with E-state index in [1.54, 1.807) is 0 Å². The minimum absolute atomic E-state index is 0.390. The summed E-state index contributed by atoms with van der Waals surface area (Å²) in [7, 11) is -6.57. The zero-order chi connectivity index (χ0) is 33.2. The first-order valence-electron chi connectivity index (χ1n) is 17.2. The predicted octanol–water partition coefficient (Wildman–Crippen LogP) is 9.83. The van der Waals surface area contributed by atoms with Crippen molar-refractivity contribution in [2.45, 2.75) is 46.0 Å². The highest BCUT2D eigenvalue weighted by molar-refractivity contribution is 7.68. The lowest BCUT2D eigenvalue weighted by Gasteiger charge is -2.24. The fourth-order valence-electron chi connectivity index (χ4n) is 5.73. The molecular weight excluding hydrogens is 656 g/mol. The van der Waals surface area contributed by atoms with Gasteiger partial charge < -0.3 is 9.05 Å². The molecule has 0 spiro atoms. The summed E-state index contributed by atoms with van der Waals surface area (Å²) in [5.74, 6) is 0. The van der Waals surface area contributed by atoms with Gasteiger partial charge in [-0.2, -0.15) is 0 Å². The molecule has 4 aromatic rings. The molecule has 0 aliphatic carbocycles. The molecule has 252 valence electrons. The quantitative estimate of drug-likeness (QED) is 0.0764. The maximum absolute atomic E-state index is 14.0. The lowest BCUT2D eigenvalue weighted by atomic mass is 10.4. The topological polar surface area (TPSA) is 52.6 Å². The van der Waals surface area contributed by atoms with Crippen LogP contribution in [0.3, 0.4) is 0 Å². The molecule has 4 nitrogen and oxygen atoms in total. The second-order valence-corrected chi connectivity index (χ2v) is 22.0. The molecule has 0 N–H and O–H groups in total. The second-order valence-electron chi connectivity index (χ2n) is 11.8. The Morgan fingerprint density at radius 1 is 0.468 bits per heavy atom. The summed E-state index contributed by atoms with van der Waals surface area (Å²) in [5.41, 5.74) is 0. The van der Waals surface area contributed by atoms with Crippen molar-refractivity contribution < 1.29 is 18.2 Å². The highest BCUT2D eigenvalue weighted by Gasteiger charge is 2.27. The Morgan fingerprint density at radius 2 is 0.787 bits per heavy atom. The van der Waals surface area contributed by atoms with Crippen molar-refractivity contribution in [3.8, 4) is 0 Å². The van der Waals surface area contributed by atoms with E-state index >= 15 is 0 Å². The van der Waals surface area contributed by atoms with Crippen LogP contribution in [0.1, 0.15) is 46.0 Å². The zero-order valence-electron chi connectivity index (χ0n) is 28.2. The van der Waals surface area contributed by atoms with Gasteiger partial charge in [0.05, 0.1) is 13.2 Å². The van der Waals surface area contributed by atoms with Gasteiger partial charge in [-0.25, -0.2) is 0 Å². The summed E-state index contributed by atoms with van der Waals surface area (Å²) in [6.07, 6.45) is 10.2. The van der Waals surface area contributed by atoms with Crippen LogP contribution in [-0.2, 0) is 18.2 Å². The van der Waals surface area contributed by atoms with Gasteiger partial charge >= 0.3 is 0 Å². The lowest BCUT2D eigenvalue weighted by Crippen LogP contribution is -2.14. The van der Waals surface area contributed by atoms with Gasteiger partial charge in [0.1, 0.15) is 0 Å². The first-order chi connectivity index (χ1) is 23.0. The number of hydrogen-bond acceptors (Lipinski definition) is 4. The molecule has 8 heteroatoms. The summed E-state index contributed by atoms with van der Waals surface area (Å²) < 4.78 is 40.2.